The molecular weight excluding hydrogens is 416 g/mol. The second kappa shape index (κ2) is 10.00. The summed E-state index contributed by atoms with van der Waals surface area (Å²) in [7, 11) is 1.61. The molecule has 160 valence electrons. The SMILES string of the molecule is COc1ccccc1CCNC(=O)c1ccc(C)cc1NC(=O)c1ccc(O)c(Cl)c1. The van der Waals surface area contributed by atoms with Crippen LogP contribution in [0.2, 0.25) is 5.02 Å². The molecular formula is C24H23ClN2O4. The van der Waals surface area contributed by atoms with Crippen LogP contribution in [0.4, 0.5) is 5.69 Å². The van der Waals surface area contributed by atoms with E-state index in [1.54, 1.807) is 19.2 Å². The van der Waals surface area contributed by atoms with Crippen LogP contribution >= 0.6 is 11.6 Å². The van der Waals surface area contributed by atoms with Gasteiger partial charge in [0.1, 0.15) is 11.5 Å². The molecule has 0 radical (unpaired) electrons. The smallest absolute Gasteiger partial charge is 0.255 e. The number of halogens is 1. The summed E-state index contributed by atoms with van der Waals surface area (Å²) in [5.74, 6) is -0.0685. The van der Waals surface area contributed by atoms with E-state index in [-0.39, 0.29) is 22.2 Å². The molecule has 7 heteroatoms. The van der Waals surface area contributed by atoms with E-state index in [2.05, 4.69) is 10.6 Å². The van der Waals surface area contributed by atoms with Crippen molar-refractivity contribution in [3.63, 3.8) is 0 Å². The van der Waals surface area contributed by atoms with E-state index in [4.69, 9.17) is 16.3 Å². The first-order valence-electron chi connectivity index (χ1n) is 9.69. The van der Waals surface area contributed by atoms with E-state index in [0.29, 0.717) is 24.2 Å². The van der Waals surface area contributed by atoms with Gasteiger partial charge in [-0.25, -0.2) is 0 Å². The molecule has 3 rings (SSSR count). The predicted molar refractivity (Wildman–Crippen MR) is 121 cm³/mol. The summed E-state index contributed by atoms with van der Waals surface area (Å²) in [4.78, 5) is 25.4. The maximum Gasteiger partial charge on any atom is 0.255 e. The number of methoxy groups -OCH3 is 1. The van der Waals surface area contributed by atoms with Crippen LogP contribution in [0.3, 0.4) is 0 Å². The number of aryl methyl sites for hydroxylation is 1. The zero-order valence-electron chi connectivity index (χ0n) is 17.2. The molecule has 3 aromatic carbocycles. The Morgan fingerprint density at radius 1 is 1.03 bits per heavy atom. The fraction of sp³-hybridized carbons (Fsp3) is 0.167. The monoisotopic (exact) mass is 438 g/mol. The van der Waals surface area contributed by atoms with Gasteiger partial charge in [0.15, 0.2) is 0 Å². The number of rotatable bonds is 7. The van der Waals surface area contributed by atoms with Gasteiger partial charge in [-0.2, -0.15) is 0 Å². The summed E-state index contributed by atoms with van der Waals surface area (Å²) in [6, 6.07) is 17.0. The van der Waals surface area contributed by atoms with Gasteiger partial charge in [0.25, 0.3) is 11.8 Å². The number of aromatic hydroxyl groups is 1. The van der Waals surface area contributed by atoms with E-state index >= 15 is 0 Å². The minimum absolute atomic E-state index is 0.0752. The molecule has 0 aliphatic rings. The van der Waals surface area contributed by atoms with Crippen LogP contribution in [0, 0.1) is 6.92 Å². The number of phenolic OH excluding ortho intramolecular Hbond substituents is 1. The van der Waals surface area contributed by atoms with E-state index in [1.165, 1.54) is 18.2 Å². The molecule has 0 unspecified atom stereocenters. The van der Waals surface area contributed by atoms with Gasteiger partial charge in [0.2, 0.25) is 0 Å². The Kier molecular flexibility index (Phi) is 7.15. The van der Waals surface area contributed by atoms with Crippen LogP contribution in [-0.4, -0.2) is 30.6 Å². The van der Waals surface area contributed by atoms with Gasteiger partial charge in [-0.3, -0.25) is 9.59 Å². The lowest BCUT2D eigenvalue weighted by atomic mass is 10.1. The number of phenols is 1. The summed E-state index contributed by atoms with van der Waals surface area (Å²) in [5, 5.41) is 15.3. The molecule has 0 aliphatic carbocycles. The van der Waals surface area contributed by atoms with Crippen LogP contribution < -0.4 is 15.4 Å². The number of benzene rings is 3. The van der Waals surface area contributed by atoms with Crippen molar-refractivity contribution in [2.45, 2.75) is 13.3 Å². The van der Waals surface area contributed by atoms with Crippen molar-refractivity contribution < 1.29 is 19.4 Å². The maximum absolute atomic E-state index is 12.8. The first-order valence-corrected chi connectivity index (χ1v) is 10.1. The lowest BCUT2D eigenvalue weighted by Crippen LogP contribution is -2.27. The number of carbonyl (C=O) groups is 2. The van der Waals surface area contributed by atoms with Crippen molar-refractivity contribution >= 4 is 29.1 Å². The normalized spacial score (nSPS) is 10.4. The Morgan fingerprint density at radius 3 is 2.55 bits per heavy atom. The van der Waals surface area contributed by atoms with Crippen molar-refractivity contribution in [2.24, 2.45) is 0 Å². The molecule has 0 bridgehead atoms. The second-order valence-corrected chi connectivity index (χ2v) is 7.39. The second-order valence-electron chi connectivity index (χ2n) is 6.99. The topological polar surface area (TPSA) is 87.7 Å². The number of ether oxygens (including phenoxy) is 1. The van der Waals surface area contributed by atoms with Gasteiger partial charge >= 0.3 is 0 Å². The van der Waals surface area contributed by atoms with Gasteiger partial charge in [0, 0.05) is 12.1 Å². The summed E-state index contributed by atoms with van der Waals surface area (Å²) in [6.45, 7) is 2.28. The van der Waals surface area contributed by atoms with Gasteiger partial charge in [-0.05, 0) is 60.9 Å². The molecule has 6 nitrogen and oxygen atoms in total. The number of carbonyl (C=O) groups excluding carboxylic acids is 2. The van der Waals surface area contributed by atoms with Crippen molar-refractivity contribution in [1.29, 1.82) is 0 Å². The highest BCUT2D eigenvalue weighted by molar-refractivity contribution is 6.32. The first-order chi connectivity index (χ1) is 14.9. The average molecular weight is 439 g/mol. The minimum atomic E-state index is -0.435. The number of anilines is 1. The minimum Gasteiger partial charge on any atom is -0.506 e. The fourth-order valence-corrected chi connectivity index (χ4v) is 3.30. The Labute approximate surface area is 185 Å². The fourth-order valence-electron chi connectivity index (χ4n) is 3.12. The third kappa shape index (κ3) is 5.55. The van der Waals surface area contributed by atoms with Crippen LogP contribution in [0.15, 0.2) is 60.7 Å². The molecule has 0 atom stereocenters. The van der Waals surface area contributed by atoms with Crippen molar-refractivity contribution in [1.82, 2.24) is 5.32 Å². The van der Waals surface area contributed by atoms with E-state index in [1.807, 2.05) is 37.3 Å². The van der Waals surface area contributed by atoms with E-state index in [0.717, 1.165) is 16.9 Å². The highest BCUT2D eigenvalue weighted by Crippen LogP contribution is 2.25. The van der Waals surface area contributed by atoms with Crippen LogP contribution in [0.25, 0.3) is 0 Å². The van der Waals surface area contributed by atoms with Crippen LogP contribution in [-0.2, 0) is 6.42 Å². The highest BCUT2D eigenvalue weighted by Gasteiger charge is 2.16. The number of para-hydroxylation sites is 1. The van der Waals surface area contributed by atoms with Crippen molar-refractivity contribution in [2.75, 3.05) is 19.0 Å². The standard InChI is InChI=1S/C24H23ClN2O4/c1-15-7-9-18(24(30)26-12-11-16-5-3-4-6-22(16)31-2)20(13-15)27-23(29)17-8-10-21(28)19(25)14-17/h3-10,13-14,28H,11-12H2,1-2H3,(H,26,30)(H,27,29). The first kappa shape index (κ1) is 22.2. The lowest BCUT2D eigenvalue weighted by Gasteiger charge is -2.13. The molecule has 31 heavy (non-hydrogen) atoms. The molecule has 3 N–H and O–H groups in total. The Bertz CT molecular complexity index is 1110. The van der Waals surface area contributed by atoms with Crippen molar-refractivity contribution in [3.8, 4) is 11.5 Å². The zero-order chi connectivity index (χ0) is 22.4. The third-order valence-electron chi connectivity index (χ3n) is 4.75. The Morgan fingerprint density at radius 2 is 1.81 bits per heavy atom. The largest absolute Gasteiger partial charge is 0.506 e. The summed E-state index contributed by atoms with van der Waals surface area (Å²) >= 11 is 5.89. The van der Waals surface area contributed by atoms with Gasteiger partial charge in [-0.15, -0.1) is 0 Å². The Balaban J connectivity index is 1.72. The summed E-state index contributed by atoms with van der Waals surface area (Å²) in [6.07, 6.45) is 0.606. The molecule has 0 saturated heterocycles. The number of hydrogen-bond donors (Lipinski definition) is 3. The molecule has 2 amide bonds. The molecule has 0 fully saturated rings. The third-order valence-corrected chi connectivity index (χ3v) is 5.05. The molecule has 3 aromatic rings. The summed E-state index contributed by atoms with van der Waals surface area (Å²) in [5.41, 5.74) is 2.90. The maximum atomic E-state index is 12.8. The van der Waals surface area contributed by atoms with Crippen LogP contribution in [0.1, 0.15) is 31.8 Å². The molecule has 0 heterocycles. The van der Waals surface area contributed by atoms with Gasteiger partial charge in [-0.1, -0.05) is 35.9 Å². The Hall–Kier alpha value is -3.51. The van der Waals surface area contributed by atoms with E-state index in [9.17, 15) is 14.7 Å². The molecule has 0 aromatic heterocycles. The number of nitrogens with one attached hydrogen (secondary N) is 2. The lowest BCUT2D eigenvalue weighted by molar-refractivity contribution is 0.0955. The summed E-state index contributed by atoms with van der Waals surface area (Å²) < 4.78 is 5.34. The molecule has 0 aliphatic heterocycles. The number of amides is 2. The van der Waals surface area contributed by atoms with E-state index < -0.39 is 5.91 Å². The number of hydrogen-bond acceptors (Lipinski definition) is 4. The van der Waals surface area contributed by atoms with Gasteiger partial charge in [0.05, 0.1) is 23.4 Å². The molecule has 0 spiro atoms. The molecule has 0 saturated carbocycles. The predicted octanol–water partition coefficient (Wildman–Crippen LogP) is 4.59. The van der Waals surface area contributed by atoms with Crippen molar-refractivity contribution in [3.05, 3.63) is 87.9 Å². The zero-order valence-corrected chi connectivity index (χ0v) is 18.0. The highest BCUT2D eigenvalue weighted by atomic mass is 35.5. The van der Waals surface area contributed by atoms with Crippen LogP contribution in [0.5, 0.6) is 11.5 Å². The quantitative estimate of drug-likeness (QED) is 0.503. The average Bonchev–Trinajstić information content (AvgIpc) is 2.76. The van der Waals surface area contributed by atoms with Gasteiger partial charge < -0.3 is 20.5 Å².